The number of hydrogen-bond acceptors (Lipinski definition) is 2. The third-order valence-electron chi connectivity index (χ3n) is 3.93. The van der Waals surface area contributed by atoms with Crippen LogP contribution in [0.25, 0.3) is 0 Å². The summed E-state index contributed by atoms with van der Waals surface area (Å²) in [4.78, 5) is 2.30. The maximum atomic E-state index is 9.63. The van der Waals surface area contributed by atoms with Crippen LogP contribution in [0.3, 0.4) is 0 Å². The van der Waals surface area contributed by atoms with Crippen LogP contribution in [0.1, 0.15) is 31.4 Å². The summed E-state index contributed by atoms with van der Waals surface area (Å²) in [5.41, 5.74) is 2.80. The van der Waals surface area contributed by atoms with Crippen molar-refractivity contribution in [3.8, 4) is 5.75 Å². The molecule has 2 rings (SSSR count). The Morgan fingerprint density at radius 3 is 2.62 bits per heavy atom. The predicted molar refractivity (Wildman–Crippen MR) is 66.9 cm³/mol. The molecule has 0 spiro atoms. The molecule has 0 aromatic heterocycles. The molecule has 0 radical (unpaired) electrons. The Kier molecular flexibility index (Phi) is 2.70. The van der Waals surface area contributed by atoms with E-state index in [2.05, 4.69) is 38.9 Å². The van der Waals surface area contributed by atoms with Crippen LogP contribution in [0.15, 0.2) is 18.2 Å². The molecular formula is C14H21NO. The number of phenols is 1. The van der Waals surface area contributed by atoms with Crippen LogP contribution in [-0.2, 0) is 11.8 Å². The number of nitrogens with zero attached hydrogens (tertiary/aromatic N) is 1. The van der Waals surface area contributed by atoms with Gasteiger partial charge in [-0.05, 0) is 50.2 Å². The molecular weight excluding hydrogens is 198 g/mol. The van der Waals surface area contributed by atoms with E-state index in [1.165, 1.54) is 17.5 Å². The first-order chi connectivity index (χ1) is 7.43. The van der Waals surface area contributed by atoms with Crippen LogP contribution in [0.2, 0.25) is 0 Å². The largest absolute Gasteiger partial charge is 0.508 e. The Hall–Kier alpha value is -1.02. The molecule has 1 N–H and O–H groups in total. The smallest absolute Gasteiger partial charge is 0.115 e. The van der Waals surface area contributed by atoms with Gasteiger partial charge in [0.2, 0.25) is 0 Å². The maximum absolute atomic E-state index is 9.63. The summed E-state index contributed by atoms with van der Waals surface area (Å²) in [6, 6.07) is 6.34. The van der Waals surface area contributed by atoms with Gasteiger partial charge >= 0.3 is 0 Å². The second kappa shape index (κ2) is 3.77. The molecule has 2 heteroatoms. The minimum atomic E-state index is 0.107. The lowest BCUT2D eigenvalue weighted by atomic mass is 9.69. The lowest BCUT2D eigenvalue weighted by Gasteiger charge is -2.44. The zero-order valence-electron chi connectivity index (χ0n) is 10.6. The van der Waals surface area contributed by atoms with Crippen molar-refractivity contribution >= 4 is 0 Å². The fourth-order valence-corrected chi connectivity index (χ4v) is 3.12. The van der Waals surface area contributed by atoms with Crippen LogP contribution in [0.4, 0.5) is 0 Å². The van der Waals surface area contributed by atoms with Gasteiger partial charge < -0.3 is 10.0 Å². The molecule has 1 aromatic rings. The highest BCUT2D eigenvalue weighted by Gasteiger charge is 2.37. The molecule has 0 unspecified atom stereocenters. The van der Waals surface area contributed by atoms with E-state index in [1.54, 1.807) is 6.07 Å². The first-order valence-electron chi connectivity index (χ1n) is 5.91. The van der Waals surface area contributed by atoms with E-state index in [9.17, 15) is 5.11 Å². The van der Waals surface area contributed by atoms with Gasteiger partial charge in [-0.25, -0.2) is 0 Å². The van der Waals surface area contributed by atoms with E-state index < -0.39 is 0 Å². The van der Waals surface area contributed by atoms with Gasteiger partial charge in [-0.2, -0.15) is 0 Å². The van der Waals surface area contributed by atoms with Gasteiger partial charge in [0.1, 0.15) is 5.75 Å². The number of hydrogen-bond donors (Lipinski definition) is 1. The molecule has 1 aromatic carbocycles. The van der Waals surface area contributed by atoms with Gasteiger partial charge in [-0.1, -0.05) is 19.9 Å². The summed E-state index contributed by atoms with van der Waals surface area (Å²) in [7, 11) is 4.28. The Morgan fingerprint density at radius 2 is 2.00 bits per heavy atom. The van der Waals surface area contributed by atoms with E-state index in [0.29, 0.717) is 11.8 Å². The number of phenolic OH excluding ortho intramolecular Hbond substituents is 1. The first-order valence-corrected chi connectivity index (χ1v) is 5.91. The lowest BCUT2D eigenvalue weighted by Crippen LogP contribution is -2.47. The summed E-state index contributed by atoms with van der Waals surface area (Å²) in [5.74, 6) is 0.381. The average molecular weight is 219 g/mol. The Bertz CT molecular complexity index is 396. The van der Waals surface area contributed by atoms with Crippen LogP contribution in [0, 0.1) is 0 Å². The van der Waals surface area contributed by atoms with E-state index in [1.807, 2.05) is 6.07 Å². The number of likely N-dealkylation sites (N-methyl/N-ethyl adjacent to an activating group) is 1. The van der Waals surface area contributed by atoms with Gasteiger partial charge in [-0.3, -0.25) is 0 Å². The molecule has 1 aliphatic carbocycles. The number of fused-ring (bicyclic) bond motifs is 1. The zero-order valence-corrected chi connectivity index (χ0v) is 10.6. The second-order valence-electron chi connectivity index (χ2n) is 5.58. The van der Waals surface area contributed by atoms with Crippen molar-refractivity contribution in [3.05, 3.63) is 29.3 Å². The molecule has 1 atom stereocenters. The van der Waals surface area contributed by atoms with Crippen molar-refractivity contribution in [2.75, 3.05) is 14.1 Å². The predicted octanol–water partition coefficient (Wildman–Crippen LogP) is 2.55. The molecule has 0 saturated carbocycles. The molecule has 0 fully saturated rings. The molecule has 0 heterocycles. The van der Waals surface area contributed by atoms with Crippen molar-refractivity contribution in [2.45, 2.75) is 38.1 Å². The van der Waals surface area contributed by atoms with Gasteiger partial charge in [0.25, 0.3) is 0 Å². The van der Waals surface area contributed by atoms with Gasteiger partial charge in [0.05, 0.1) is 0 Å². The monoisotopic (exact) mass is 219 g/mol. The fourth-order valence-electron chi connectivity index (χ4n) is 3.12. The van der Waals surface area contributed by atoms with Crippen LogP contribution in [0.5, 0.6) is 5.75 Å². The fraction of sp³-hybridized carbons (Fsp3) is 0.571. The van der Waals surface area contributed by atoms with Gasteiger partial charge in [0.15, 0.2) is 0 Å². The maximum Gasteiger partial charge on any atom is 0.115 e. The van der Waals surface area contributed by atoms with Crippen molar-refractivity contribution in [1.29, 1.82) is 0 Å². The van der Waals surface area contributed by atoms with Gasteiger partial charge in [-0.15, -0.1) is 0 Å². The van der Waals surface area contributed by atoms with Crippen LogP contribution in [-0.4, -0.2) is 30.1 Å². The zero-order chi connectivity index (χ0) is 11.9. The van der Waals surface area contributed by atoms with E-state index >= 15 is 0 Å². The number of aromatic hydroxyl groups is 1. The van der Waals surface area contributed by atoms with Crippen molar-refractivity contribution in [3.63, 3.8) is 0 Å². The second-order valence-corrected chi connectivity index (χ2v) is 5.58. The number of rotatable bonds is 1. The van der Waals surface area contributed by atoms with Crippen LogP contribution >= 0.6 is 0 Å². The molecule has 2 nitrogen and oxygen atoms in total. The Balaban J connectivity index is 2.49. The minimum Gasteiger partial charge on any atom is -0.508 e. The molecule has 0 amide bonds. The number of aryl methyl sites for hydroxylation is 1. The molecule has 0 bridgehead atoms. The summed E-state index contributed by atoms with van der Waals surface area (Å²) in [5, 5.41) is 9.63. The summed E-state index contributed by atoms with van der Waals surface area (Å²) >= 11 is 0. The SMILES string of the molecule is CN(C)[C@H]1CCc2ccc(O)cc2C1(C)C. The highest BCUT2D eigenvalue weighted by atomic mass is 16.3. The van der Waals surface area contributed by atoms with Gasteiger partial charge in [0, 0.05) is 11.5 Å². The van der Waals surface area contributed by atoms with Crippen molar-refractivity contribution in [1.82, 2.24) is 4.90 Å². The standard InChI is InChI=1S/C14H21NO/c1-14(2)12-9-11(16)7-5-10(12)6-8-13(14)15(3)4/h5,7,9,13,16H,6,8H2,1-4H3/t13-/m0/s1. The molecule has 88 valence electrons. The normalized spacial score (nSPS) is 23.2. The van der Waals surface area contributed by atoms with Crippen LogP contribution < -0.4 is 0 Å². The highest BCUT2D eigenvalue weighted by molar-refractivity contribution is 5.42. The molecule has 16 heavy (non-hydrogen) atoms. The summed E-state index contributed by atoms with van der Waals surface area (Å²) < 4.78 is 0. The summed E-state index contributed by atoms with van der Waals surface area (Å²) in [6.07, 6.45) is 2.31. The minimum absolute atomic E-state index is 0.107. The van der Waals surface area contributed by atoms with E-state index in [0.717, 1.165) is 6.42 Å². The summed E-state index contributed by atoms with van der Waals surface area (Å²) in [6.45, 7) is 4.55. The van der Waals surface area contributed by atoms with Crippen molar-refractivity contribution in [2.24, 2.45) is 0 Å². The van der Waals surface area contributed by atoms with E-state index in [4.69, 9.17) is 0 Å². The molecule has 0 saturated heterocycles. The average Bonchev–Trinajstić information content (AvgIpc) is 2.18. The Labute approximate surface area is 97.9 Å². The highest BCUT2D eigenvalue weighted by Crippen LogP contribution is 2.40. The first kappa shape index (κ1) is 11.5. The molecule has 1 aliphatic rings. The van der Waals surface area contributed by atoms with Crippen molar-refractivity contribution < 1.29 is 5.11 Å². The van der Waals surface area contributed by atoms with E-state index in [-0.39, 0.29) is 5.41 Å². The third kappa shape index (κ3) is 1.71. The number of benzene rings is 1. The quantitative estimate of drug-likeness (QED) is 0.784. The third-order valence-corrected chi connectivity index (χ3v) is 3.93. The molecule has 0 aliphatic heterocycles. The Morgan fingerprint density at radius 1 is 1.31 bits per heavy atom. The topological polar surface area (TPSA) is 23.5 Å². The lowest BCUT2D eigenvalue weighted by molar-refractivity contribution is 0.175.